The molecule has 0 aliphatic heterocycles. The zero-order valence-electron chi connectivity index (χ0n) is 16.5. The van der Waals surface area contributed by atoms with Crippen LogP contribution in [0.3, 0.4) is 0 Å². The van der Waals surface area contributed by atoms with Crippen LogP contribution in [0.25, 0.3) is 38.3 Å². The number of aromatic nitrogens is 4. The molecule has 0 fully saturated rings. The molecule has 4 aromatic heterocycles. The van der Waals surface area contributed by atoms with Crippen molar-refractivity contribution in [1.82, 2.24) is 19.2 Å². The lowest BCUT2D eigenvalue weighted by molar-refractivity contribution is 0.723. The van der Waals surface area contributed by atoms with E-state index in [-0.39, 0.29) is 0 Å². The zero-order valence-corrected chi connectivity index (χ0v) is 16.5. The van der Waals surface area contributed by atoms with Crippen molar-refractivity contribution in [3.05, 3.63) is 59.3 Å². The molecule has 27 heavy (non-hydrogen) atoms. The molecule has 4 heteroatoms. The van der Waals surface area contributed by atoms with Gasteiger partial charge in [-0.15, -0.1) is 0 Å². The molecule has 0 bridgehead atoms. The van der Waals surface area contributed by atoms with E-state index in [4.69, 9.17) is 5.10 Å². The molecule has 5 aromatic rings. The molecule has 0 amide bonds. The third-order valence-corrected chi connectivity index (χ3v) is 5.96. The molecule has 1 aromatic carbocycles. The third-order valence-electron chi connectivity index (χ3n) is 5.96. The van der Waals surface area contributed by atoms with Crippen LogP contribution in [-0.4, -0.2) is 19.2 Å². The Hall–Kier alpha value is -3.01. The summed E-state index contributed by atoms with van der Waals surface area (Å²) in [6, 6.07) is 10.8. The molecular weight excluding hydrogens is 332 g/mol. The lowest BCUT2D eigenvalue weighted by atomic mass is 10.0. The van der Waals surface area contributed by atoms with E-state index in [9.17, 15) is 0 Å². The zero-order chi connectivity index (χ0) is 18.9. The van der Waals surface area contributed by atoms with E-state index in [0.717, 1.165) is 12.2 Å². The van der Waals surface area contributed by atoms with E-state index in [1.165, 1.54) is 55.4 Å². The summed E-state index contributed by atoms with van der Waals surface area (Å²) in [7, 11) is 0. The molecule has 5 rings (SSSR count). The van der Waals surface area contributed by atoms with Crippen LogP contribution in [-0.2, 0) is 6.54 Å². The molecule has 4 nitrogen and oxygen atoms in total. The molecule has 136 valence electrons. The van der Waals surface area contributed by atoms with Crippen LogP contribution in [0.4, 0.5) is 0 Å². The summed E-state index contributed by atoms with van der Waals surface area (Å²) in [5.74, 6) is 0. The second-order valence-corrected chi connectivity index (χ2v) is 7.48. The Kier molecular flexibility index (Phi) is 3.29. The molecule has 0 aliphatic carbocycles. The molecule has 0 saturated heterocycles. The second kappa shape index (κ2) is 5.49. The Morgan fingerprint density at radius 3 is 2.52 bits per heavy atom. The van der Waals surface area contributed by atoms with Crippen molar-refractivity contribution >= 4 is 27.2 Å². The van der Waals surface area contributed by atoms with Gasteiger partial charge in [0.25, 0.3) is 0 Å². The summed E-state index contributed by atoms with van der Waals surface area (Å²) in [5.41, 5.74) is 9.75. The predicted molar refractivity (Wildman–Crippen MR) is 113 cm³/mol. The van der Waals surface area contributed by atoms with Crippen molar-refractivity contribution in [1.29, 1.82) is 0 Å². The van der Waals surface area contributed by atoms with Crippen LogP contribution in [0.2, 0.25) is 0 Å². The quantitative estimate of drug-likeness (QED) is 0.433. The monoisotopic (exact) mass is 356 g/mol. The number of nitrogens with one attached hydrogen (secondary N) is 1. The van der Waals surface area contributed by atoms with Gasteiger partial charge in [-0.25, -0.2) is 4.52 Å². The van der Waals surface area contributed by atoms with Gasteiger partial charge in [0.05, 0.1) is 11.2 Å². The first kappa shape index (κ1) is 16.2. The highest BCUT2D eigenvalue weighted by atomic mass is 15.2. The maximum Gasteiger partial charge on any atom is 0.0749 e. The molecule has 0 atom stereocenters. The minimum absolute atomic E-state index is 0.979. The summed E-state index contributed by atoms with van der Waals surface area (Å²) < 4.78 is 4.45. The molecule has 0 saturated carbocycles. The summed E-state index contributed by atoms with van der Waals surface area (Å²) >= 11 is 0. The smallest absolute Gasteiger partial charge is 0.0749 e. The summed E-state index contributed by atoms with van der Waals surface area (Å²) in [5, 5.41) is 8.77. The molecule has 0 spiro atoms. The van der Waals surface area contributed by atoms with E-state index >= 15 is 0 Å². The van der Waals surface area contributed by atoms with Gasteiger partial charge in [0, 0.05) is 62.6 Å². The first-order valence-corrected chi connectivity index (χ1v) is 9.57. The van der Waals surface area contributed by atoms with E-state index in [1.54, 1.807) is 0 Å². The number of para-hydroxylation sites is 1. The Labute approximate surface area is 158 Å². The summed E-state index contributed by atoms with van der Waals surface area (Å²) in [4.78, 5) is 3.52. The number of hydrogen-bond donors (Lipinski definition) is 1. The van der Waals surface area contributed by atoms with Crippen molar-refractivity contribution < 1.29 is 0 Å². The number of rotatable bonds is 2. The van der Waals surface area contributed by atoms with Gasteiger partial charge in [-0.1, -0.05) is 18.2 Å². The van der Waals surface area contributed by atoms with Gasteiger partial charge in [-0.3, -0.25) is 0 Å². The van der Waals surface area contributed by atoms with Crippen LogP contribution >= 0.6 is 0 Å². The van der Waals surface area contributed by atoms with E-state index in [1.807, 2.05) is 0 Å². The number of fused-ring (bicyclic) bond motifs is 4. The van der Waals surface area contributed by atoms with Crippen molar-refractivity contribution in [3.8, 4) is 11.1 Å². The molecule has 0 radical (unpaired) electrons. The van der Waals surface area contributed by atoms with Gasteiger partial charge in [-0.2, -0.15) is 5.10 Å². The van der Waals surface area contributed by atoms with Crippen molar-refractivity contribution in [2.24, 2.45) is 0 Å². The lowest BCUT2D eigenvalue weighted by Gasteiger charge is -2.03. The Balaban J connectivity index is 1.89. The summed E-state index contributed by atoms with van der Waals surface area (Å²) in [6.07, 6.45) is 2.17. The molecule has 1 N–H and O–H groups in total. The molecule has 0 unspecified atom stereocenters. The lowest BCUT2D eigenvalue weighted by Crippen LogP contribution is -1.98. The van der Waals surface area contributed by atoms with Crippen molar-refractivity contribution in [3.63, 3.8) is 0 Å². The van der Waals surface area contributed by atoms with Crippen LogP contribution in [0.1, 0.15) is 29.7 Å². The van der Waals surface area contributed by atoms with Gasteiger partial charge < -0.3 is 9.55 Å². The molecular formula is C23H24N4. The number of aryl methyl sites for hydroxylation is 4. The van der Waals surface area contributed by atoms with E-state index in [2.05, 4.69) is 85.2 Å². The van der Waals surface area contributed by atoms with Gasteiger partial charge >= 0.3 is 0 Å². The second-order valence-electron chi connectivity index (χ2n) is 7.48. The Morgan fingerprint density at radius 1 is 1.00 bits per heavy atom. The van der Waals surface area contributed by atoms with E-state index < -0.39 is 0 Å². The number of nitrogens with zero attached hydrogens (tertiary/aromatic N) is 3. The standard InChI is InChI=1S/C23H24N4/c1-6-26-15(4)21-14(3)25-27-12-17(11-20(27)23(21)16(26)5)22-13(2)24-19-10-8-7-9-18(19)22/h7-12,24H,6H2,1-5H3. The first-order chi connectivity index (χ1) is 13.0. The van der Waals surface area contributed by atoms with Gasteiger partial charge in [0.2, 0.25) is 0 Å². The highest BCUT2D eigenvalue weighted by Crippen LogP contribution is 2.37. The maximum absolute atomic E-state index is 4.89. The van der Waals surface area contributed by atoms with Crippen LogP contribution < -0.4 is 0 Å². The SMILES string of the molecule is CCn1c(C)c2c(C)nn3cc(-c4c(C)[nH]c5ccccc45)cc3c2c1C. The minimum atomic E-state index is 0.979. The Morgan fingerprint density at radius 2 is 1.74 bits per heavy atom. The van der Waals surface area contributed by atoms with Gasteiger partial charge in [0.1, 0.15) is 0 Å². The van der Waals surface area contributed by atoms with Crippen molar-refractivity contribution in [2.75, 3.05) is 0 Å². The van der Waals surface area contributed by atoms with Crippen LogP contribution in [0.5, 0.6) is 0 Å². The minimum Gasteiger partial charge on any atom is -0.358 e. The summed E-state index contributed by atoms with van der Waals surface area (Å²) in [6.45, 7) is 11.9. The third kappa shape index (κ3) is 2.07. The van der Waals surface area contributed by atoms with E-state index in [0.29, 0.717) is 0 Å². The Bertz CT molecular complexity index is 1340. The van der Waals surface area contributed by atoms with Crippen molar-refractivity contribution in [2.45, 2.75) is 41.2 Å². The fourth-order valence-corrected chi connectivity index (χ4v) is 4.83. The maximum atomic E-state index is 4.89. The normalized spacial score (nSPS) is 12.0. The highest BCUT2D eigenvalue weighted by molar-refractivity contribution is 6.04. The topological polar surface area (TPSA) is 38.0 Å². The fraction of sp³-hybridized carbons (Fsp3) is 0.261. The van der Waals surface area contributed by atoms with Crippen LogP contribution in [0.15, 0.2) is 36.5 Å². The largest absolute Gasteiger partial charge is 0.358 e. The molecule has 0 aliphatic rings. The first-order valence-electron chi connectivity index (χ1n) is 9.57. The highest BCUT2D eigenvalue weighted by Gasteiger charge is 2.19. The average Bonchev–Trinajstić information content (AvgIpc) is 3.26. The predicted octanol–water partition coefficient (Wildman–Crippen LogP) is 5.69. The van der Waals surface area contributed by atoms with Crippen LogP contribution in [0, 0.1) is 27.7 Å². The number of hydrogen-bond acceptors (Lipinski definition) is 1. The van der Waals surface area contributed by atoms with Gasteiger partial charge in [-0.05, 0) is 46.8 Å². The number of aromatic amines is 1. The average molecular weight is 356 g/mol. The number of H-pyrrole nitrogens is 1. The fourth-order valence-electron chi connectivity index (χ4n) is 4.83. The molecule has 4 heterocycles. The number of benzene rings is 1. The van der Waals surface area contributed by atoms with Gasteiger partial charge in [0.15, 0.2) is 0 Å².